The number of carbonyl (C=O) groups excluding carboxylic acids is 1. The Bertz CT molecular complexity index is 656. The molecule has 0 radical (unpaired) electrons. The molecule has 2 aromatic heterocycles. The second kappa shape index (κ2) is 6.69. The summed E-state index contributed by atoms with van der Waals surface area (Å²) in [7, 11) is 0. The maximum atomic E-state index is 12.2. The van der Waals surface area contributed by atoms with Crippen molar-refractivity contribution in [3.05, 3.63) is 24.4 Å². The molecule has 118 valence electrons. The molecule has 0 spiro atoms. The van der Waals surface area contributed by atoms with Crippen molar-refractivity contribution >= 4 is 23.3 Å². The minimum Gasteiger partial charge on any atom is -0.352 e. The molecule has 0 bridgehead atoms. The van der Waals surface area contributed by atoms with Gasteiger partial charge in [0.1, 0.15) is 0 Å². The Morgan fingerprint density at radius 3 is 3.09 bits per heavy atom. The van der Waals surface area contributed by atoms with E-state index in [2.05, 4.69) is 29.4 Å². The predicted octanol–water partition coefficient (Wildman–Crippen LogP) is 2.76. The van der Waals surface area contributed by atoms with E-state index < -0.39 is 0 Å². The molecule has 1 N–H and O–H groups in total. The molecule has 1 fully saturated rings. The Morgan fingerprint density at radius 1 is 1.36 bits per heavy atom. The molecule has 2 aromatic rings. The van der Waals surface area contributed by atoms with Gasteiger partial charge in [-0.05, 0) is 30.4 Å². The third-order valence-corrected chi connectivity index (χ3v) is 5.61. The summed E-state index contributed by atoms with van der Waals surface area (Å²) in [4.78, 5) is 12.2. The monoisotopic (exact) mass is 318 g/mol. The number of thioether (sulfide) groups is 1. The Kier molecular flexibility index (Phi) is 4.66. The summed E-state index contributed by atoms with van der Waals surface area (Å²) < 4.78 is 1.91. The number of nitrogens with zero attached hydrogens (tertiary/aromatic N) is 3. The van der Waals surface area contributed by atoms with Gasteiger partial charge in [-0.3, -0.25) is 9.20 Å². The van der Waals surface area contributed by atoms with Crippen molar-refractivity contribution in [2.45, 2.75) is 44.3 Å². The Balaban J connectivity index is 1.56. The zero-order valence-electron chi connectivity index (χ0n) is 13.0. The highest BCUT2D eigenvalue weighted by molar-refractivity contribution is 7.99. The molecule has 5 nitrogen and oxygen atoms in total. The highest BCUT2D eigenvalue weighted by Gasteiger charge is 2.28. The molecule has 1 aliphatic rings. The molecule has 0 saturated heterocycles. The van der Waals surface area contributed by atoms with Crippen molar-refractivity contribution in [2.24, 2.45) is 11.8 Å². The molecular formula is C16H22N4OS. The van der Waals surface area contributed by atoms with E-state index in [1.807, 2.05) is 28.8 Å². The summed E-state index contributed by atoms with van der Waals surface area (Å²) in [5, 5.41) is 12.2. The van der Waals surface area contributed by atoms with E-state index >= 15 is 0 Å². The van der Waals surface area contributed by atoms with Crippen LogP contribution >= 0.6 is 11.8 Å². The van der Waals surface area contributed by atoms with Crippen molar-refractivity contribution in [1.29, 1.82) is 0 Å². The molecule has 3 rings (SSSR count). The zero-order chi connectivity index (χ0) is 15.5. The second-order valence-corrected chi connectivity index (χ2v) is 7.08. The average Bonchev–Trinajstić information content (AvgIpc) is 2.93. The van der Waals surface area contributed by atoms with Crippen molar-refractivity contribution in [1.82, 2.24) is 19.9 Å². The minimum atomic E-state index is 0.0867. The Hall–Kier alpha value is -1.56. The fourth-order valence-electron chi connectivity index (χ4n) is 3.08. The average molecular weight is 318 g/mol. The van der Waals surface area contributed by atoms with Gasteiger partial charge >= 0.3 is 0 Å². The first-order valence-corrected chi connectivity index (χ1v) is 8.85. The van der Waals surface area contributed by atoms with Gasteiger partial charge in [0.15, 0.2) is 10.8 Å². The maximum Gasteiger partial charge on any atom is 0.230 e. The standard InChI is InChI=1S/C16H22N4OS/c1-11-6-5-7-13(12(11)2)17-15(21)10-22-16-19-18-14-8-3-4-9-20(14)16/h3-4,8-9,11-13H,5-7,10H2,1-2H3,(H,17,21)/t11-,12+,13+/m0/s1. The van der Waals surface area contributed by atoms with Crippen LogP contribution in [0.5, 0.6) is 0 Å². The van der Waals surface area contributed by atoms with Crippen molar-refractivity contribution in [3.63, 3.8) is 0 Å². The molecule has 6 heteroatoms. The number of fused-ring (bicyclic) bond motifs is 1. The topological polar surface area (TPSA) is 59.3 Å². The van der Waals surface area contributed by atoms with Gasteiger partial charge in [0, 0.05) is 12.2 Å². The largest absolute Gasteiger partial charge is 0.352 e. The molecular weight excluding hydrogens is 296 g/mol. The fourth-order valence-corrected chi connectivity index (χ4v) is 3.82. The van der Waals surface area contributed by atoms with E-state index in [1.54, 1.807) is 0 Å². The summed E-state index contributed by atoms with van der Waals surface area (Å²) in [5.74, 6) is 1.71. The van der Waals surface area contributed by atoms with E-state index in [0.717, 1.165) is 17.2 Å². The van der Waals surface area contributed by atoms with E-state index in [1.165, 1.54) is 24.6 Å². The van der Waals surface area contributed by atoms with E-state index in [4.69, 9.17) is 0 Å². The second-order valence-electron chi connectivity index (χ2n) is 6.14. The lowest BCUT2D eigenvalue weighted by Crippen LogP contribution is -2.44. The van der Waals surface area contributed by atoms with Gasteiger partial charge in [-0.1, -0.05) is 44.5 Å². The number of aromatic nitrogens is 3. The molecule has 1 amide bonds. The predicted molar refractivity (Wildman–Crippen MR) is 87.8 cm³/mol. The van der Waals surface area contributed by atoms with Gasteiger partial charge in [-0.25, -0.2) is 0 Å². The highest BCUT2D eigenvalue weighted by atomic mass is 32.2. The van der Waals surface area contributed by atoms with Crippen molar-refractivity contribution in [2.75, 3.05) is 5.75 Å². The lowest BCUT2D eigenvalue weighted by Gasteiger charge is -2.34. The summed E-state index contributed by atoms with van der Waals surface area (Å²) in [5.41, 5.74) is 0.806. The molecule has 3 atom stereocenters. The summed E-state index contributed by atoms with van der Waals surface area (Å²) in [6.45, 7) is 4.52. The molecule has 2 heterocycles. The van der Waals surface area contributed by atoms with Gasteiger partial charge in [-0.15, -0.1) is 10.2 Å². The first kappa shape index (κ1) is 15.3. The summed E-state index contributed by atoms with van der Waals surface area (Å²) in [6, 6.07) is 6.08. The highest BCUT2D eigenvalue weighted by Crippen LogP contribution is 2.29. The third kappa shape index (κ3) is 3.27. The first-order chi connectivity index (χ1) is 10.6. The SMILES string of the molecule is C[C@@H]1[C@@H](C)CCC[C@H]1NC(=O)CSc1nnc2ccccn12. The number of nitrogens with one attached hydrogen (secondary N) is 1. The third-order valence-electron chi connectivity index (χ3n) is 4.67. The van der Waals surface area contributed by atoms with Crippen LogP contribution in [0.4, 0.5) is 0 Å². The van der Waals surface area contributed by atoms with E-state index in [9.17, 15) is 4.79 Å². The van der Waals surface area contributed by atoms with Gasteiger partial charge in [0.2, 0.25) is 5.91 Å². The number of carbonyl (C=O) groups is 1. The minimum absolute atomic E-state index is 0.0867. The normalized spacial score (nSPS) is 25.3. The van der Waals surface area contributed by atoms with Crippen LogP contribution in [0.25, 0.3) is 5.65 Å². The smallest absolute Gasteiger partial charge is 0.230 e. The van der Waals surface area contributed by atoms with Crippen LogP contribution in [-0.4, -0.2) is 32.3 Å². The van der Waals surface area contributed by atoms with Crippen LogP contribution in [-0.2, 0) is 4.79 Å². The molecule has 0 aliphatic heterocycles. The number of pyridine rings is 1. The number of hydrogen-bond donors (Lipinski definition) is 1. The zero-order valence-corrected chi connectivity index (χ0v) is 13.8. The van der Waals surface area contributed by atoms with Crippen LogP contribution < -0.4 is 5.32 Å². The van der Waals surface area contributed by atoms with Gasteiger partial charge in [-0.2, -0.15) is 0 Å². The molecule has 1 aliphatic carbocycles. The molecule has 0 aromatic carbocycles. The number of hydrogen-bond acceptors (Lipinski definition) is 4. The molecule has 22 heavy (non-hydrogen) atoms. The molecule has 1 saturated carbocycles. The Morgan fingerprint density at radius 2 is 2.23 bits per heavy atom. The van der Waals surface area contributed by atoms with Gasteiger partial charge < -0.3 is 5.32 Å². The van der Waals surface area contributed by atoms with Crippen LogP contribution in [0.3, 0.4) is 0 Å². The lowest BCUT2D eigenvalue weighted by atomic mass is 9.78. The lowest BCUT2D eigenvalue weighted by molar-refractivity contribution is -0.120. The fraction of sp³-hybridized carbons (Fsp3) is 0.562. The van der Waals surface area contributed by atoms with Crippen molar-refractivity contribution < 1.29 is 4.79 Å². The first-order valence-electron chi connectivity index (χ1n) is 7.87. The van der Waals surface area contributed by atoms with Gasteiger partial charge in [0.25, 0.3) is 0 Å². The van der Waals surface area contributed by atoms with Crippen molar-refractivity contribution in [3.8, 4) is 0 Å². The summed E-state index contributed by atoms with van der Waals surface area (Å²) in [6.07, 6.45) is 5.49. The van der Waals surface area contributed by atoms with Crippen LogP contribution in [0, 0.1) is 11.8 Å². The number of rotatable bonds is 4. The Labute approximate surface area is 134 Å². The van der Waals surface area contributed by atoms with E-state index in [0.29, 0.717) is 23.6 Å². The van der Waals surface area contributed by atoms with E-state index in [-0.39, 0.29) is 5.91 Å². The maximum absolute atomic E-state index is 12.2. The number of amides is 1. The van der Waals surface area contributed by atoms with Crippen LogP contribution in [0.15, 0.2) is 29.6 Å². The summed E-state index contributed by atoms with van der Waals surface area (Å²) >= 11 is 1.43. The quantitative estimate of drug-likeness (QED) is 0.881. The van der Waals surface area contributed by atoms with Gasteiger partial charge in [0.05, 0.1) is 5.75 Å². The molecule has 0 unspecified atom stereocenters. The van der Waals surface area contributed by atoms with Crippen LogP contribution in [0.1, 0.15) is 33.1 Å². The van der Waals surface area contributed by atoms with Crippen LogP contribution in [0.2, 0.25) is 0 Å².